The smallest absolute Gasteiger partial charge is 0.329 e. The third kappa shape index (κ3) is 2.32. The van der Waals surface area contributed by atoms with Gasteiger partial charge < -0.3 is 4.42 Å². The minimum atomic E-state index is -0.350. The van der Waals surface area contributed by atoms with Gasteiger partial charge in [0.05, 0.1) is 23.3 Å². The summed E-state index contributed by atoms with van der Waals surface area (Å²) in [5, 5.41) is 0. The van der Waals surface area contributed by atoms with E-state index >= 15 is 0 Å². The first-order chi connectivity index (χ1) is 11.6. The van der Waals surface area contributed by atoms with E-state index in [-0.39, 0.29) is 11.5 Å². The number of hydrogen-bond acceptors (Lipinski definition) is 3. The molecule has 6 heteroatoms. The molecule has 24 heavy (non-hydrogen) atoms. The van der Waals surface area contributed by atoms with Gasteiger partial charge in [-0.15, -0.1) is 0 Å². The Morgan fingerprint density at radius 2 is 1.92 bits per heavy atom. The summed E-state index contributed by atoms with van der Waals surface area (Å²) in [6, 6.07) is 13.6. The molecule has 120 valence electrons. The highest BCUT2D eigenvalue weighted by atomic mass is 19.1. The first-order valence-electron chi connectivity index (χ1n) is 7.48. The molecule has 0 N–H and O–H groups in total. The molecule has 0 aliphatic heterocycles. The van der Waals surface area contributed by atoms with Gasteiger partial charge in [-0.25, -0.2) is 14.2 Å². The van der Waals surface area contributed by atoms with E-state index in [4.69, 9.17) is 4.42 Å². The lowest BCUT2D eigenvalue weighted by atomic mass is 10.2. The number of nitrogens with zero attached hydrogens (tertiary/aromatic N) is 3. The van der Waals surface area contributed by atoms with Crippen LogP contribution in [0.1, 0.15) is 5.69 Å². The van der Waals surface area contributed by atoms with Crippen LogP contribution in [0.15, 0.2) is 64.0 Å². The number of aromatic nitrogens is 3. The number of benzene rings is 2. The lowest BCUT2D eigenvalue weighted by molar-refractivity contribution is 0.569. The number of para-hydroxylation sites is 2. The van der Waals surface area contributed by atoms with Crippen molar-refractivity contribution in [1.29, 1.82) is 0 Å². The highest BCUT2D eigenvalue weighted by Crippen LogP contribution is 2.20. The van der Waals surface area contributed by atoms with Crippen LogP contribution < -0.4 is 5.69 Å². The van der Waals surface area contributed by atoms with E-state index in [1.165, 1.54) is 18.4 Å². The molecule has 2 heterocycles. The number of oxazole rings is 1. The number of hydrogen-bond donors (Lipinski definition) is 0. The standard InChI is InChI=1S/C18H14FN3O2/c1-21-15-7-2-3-8-16(15)22(18(21)23)10-14-11-24-17(20-14)12-5-4-6-13(19)9-12/h2-9,11H,10H2,1H3. The van der Waals surface area contributed by atoms with E-state index in [0.717, 1.165) is 11.0 Å². The summed E-state index contributed by atoms with van der Waals surface area (Å²) < 4.78 is 22.0. The zero-order valence-electron chi connectivity index (χ0n) is 12.9. The second-order valence-corrected chi connectivity index (χ2v) is 5.57. The quantitative estimate of drug-likeness (QED) is 0.582. The van der Waals surface area contributed by atoms with E-state index in [9.17, 15) is 9.18 Å². The minimum Gasteiger partial charge on any atom is -0.444 e. The highest BCUT2D eigenvalue weighted by Gasteiger charge is 2.13. The predicted molar refractivity (Wildman–Crippen MR) is 88.2 cm³/mol. The SMILES string of the molecule is Cn1c(=O)n(Cc2coc(-c3cccc(F)c3)n2)c2ccccc21. The zero-order chi connectivity index (χ0) is 16.7. The van der Waals surface area contributed by atoms with E-state index in [1.54, 1.807) is 28.3 Å². The average Bonchev–Trinajstić information content (AvgIpc) is 3.15. The maximum absolute atomic E-state index is 13.3. The Labute approximate surface area is 136 Å². The van der Waals surface area contributed by atoms with E-state index in [0.29, 0.717) is 23.7 Å². The number of rotatable bonds is 3. The van der Waals surface area contributed by atoms with Crippen LogP contribution in [0.2, 0.25) is 0 Å². The van der Waals surface area contributed by atoms with Crippen LogP contribution in [0.3, 0.4) is 0 Å². The van der Waals surface area contributed by atoms with Gasteiger partial charge in [0, 0.05) is 12.6 Å². The van der Waals surface area contributed by atoms with Gasteiger partial charge in [-0.1, -0.05) is 18.2 Å². The van der Waals surface area contributed by atoms with Gasteiger partial charge in [-0.05, 0) is 30.3 Å². The van der Waals surface area contributed by atoms with Gasteiger partial charge >= 0.3 is 5.69 Å². The summed E-state index contributed by atoms with van der Waals surface area (Å²) in [4.78, 5) is 16.8. The molecule has 2 aromatic heterocycles. The van der Waals surface area contributed by atoms with Crippen molar-refractivity contribution >= 4 is 11.0 Å². The molecule has 5 nitrogen and oxygen atoms in total. The van der Waals surface area contributed by atoms with Gasteiger partial charge in [-0.2, -0.15) is 0 Å². The molecule has 2 aromatic carbocycles. The summed E-state index contributed by atoms with van der Waals surface area (Å²) in [7, 11) is 1.74. The van der Waals surface area contributed by atoms with Crippen molar-refractivity contribution in [3.05, 3.63) is 76.8 Å². The molecule has 4 rings (SSSR count). The first-order valence-corrected chi connectivity index (χ1v) is 7.48. The fourth-order valence-electron chi connectivity index (χ4n) is 2.81. The lowest BCUT2D eigenvalue weighted by Gasteiger charge is -1.99. The van der Waals surface area contributed by atoms with Crippen molar-refractivity contribution in [2.24, 2.45) is 7.05 Å². The van der Waals surface area contributed by atoms with Crippen molar-refractivity contribution in [3.8, 4) is 11.5 Å². The molecule has 0 radical (unpaired) electrons. The number of halogens is 1. The molecule has 0 saturated heterocycles. The number of aryl methyl sites for hydroxylation is 1. The Morgan fingerprint density at radius 1 is 1.12 bits per heavy atom. The molecular formula is C18H14FN3O2. The van der Waals surface area contributed by atoms with Crippen molar-refractivity contribution < 1.29 is 8.81 Å². The van der Waals surface area contributed by atoms with E-state index < -0.39 is 0 Å². The van der Waals surface area contributed by atoms with Gasteiger partial charge in [0.2, 0.25) is 5.89 Å². The Hall–Kier alpha value is -3.15. The molecule has 0 amide bonds. The molecule has 0 fully saturated rings. The minimum absolute atomic E-state index is 0.119. The molecule has 0 atom stereocenters. The summed E-state index contributed by atoms with van der Waals surface area (Å²) in [5.74, 6) is -0.0182. The highest BCUT2D eigenvalue weighted by molar-refractivity contribution is 5.75. The van der Waals surface area contributed by atoms with Crippen LogP contribution in [-0.2, 0) is 13.6 Å². The maximum atomic E-state index is 13.3. The Bertz CT molecular complexity index is 1090. The molecule has 0 bridgehead atoms. The van der Waals surface area contributed by atoms with Crippen molar-refractivity contribution in [2.75, 3.05) is 0 Å². The molecular weight excluding hydrogens is 309 g/mol. The Kier molecular flexibility index (Phi) is 3.30. The zero-order valence-corrected chi connectivity index (χ0v) is 12.9. The molecule has 4 aromatic rings. The van der Waals surface area contributed by atoms with Crippen molar-refractivity contribution in [1.82, 2.24) is 14.1 Å². The van der Waals surface area contributed by atoms with Gasteiger partial charge in [0.1, 0.15) is 12.1 Å². The molecule has 0 spiro atoms. The van der Waals surface area contributed by atoms with Crippen LogP contribution in [0, 0.1) is 5.82 Å². The monoisotopic (exact) mass is 323 g/mol. The Morgan fingerprint density at radius 3 is 2.71 bits per heavy atom. The van der Waals surface area contributed by atoms with Gasteiger partial charge in [0.25, 0.3) is 0 Å². The Balaban J connectivity index is 1.73. The average molecular weight is 323 g/mol. The summed E-state index contributed by atoms with van der Waals surface area (Å²) in [5.41, 5.74) is 2.74. The summed E-state index contributed by atoms with van der Waals surface area (Å²) in [6.45, 7) is 0.291. The molecule has 0 saturated carbocycles. The van der Waals surface area contributed by atoms with Crippen molar-refractivity contribution in [2.45, 2.75) is 6.54 Å². The van der Waals surface area contributed by atoms with Crippen LogP contribution in [0.5, 0.6) is 0 Å². The van der Waals surface area contributed by atoms with Crippen molar-refractivity contribution in [3.63, 3.8) is 0 Å². The number of fused-ring (bicyclic) bond motifs is 1. The first kappa shape index (κ1) is 14.4. The van der Waals surface area contributed by atoms with E-state index in [2.05, 4.69) is 4.98 Å². The predicted octanol–water partition coefficient (Wildman–Crippen LogP) is 3.18. The maximum Gasteiger partial charge on any atom is 0.329 e. The summed E-state index contributed by atoms with van der Waals surface area (Å²) in [6.07, 6.45) is 1.49. The van der Waals surface area contributed by atoms with Gasteiger partial charge in [0.15, 0.2) is 0 Å². The second kappa shape index (κ2) is 5.49. The third-order valence-electron chi connectivity index (χ3n) is 4.00. The van der Waals surface area contributed by atoms with Crippen LogP contribution in [0.25, 0.3) is 22.5 Å². The normalized spacial score (nSPS) is 11.2. The third-order valence-corrected chi connectivity index (χ3v) is 4.00. The van der Waals surface area contributed by atoms with Crippen LogP contribution >= 0.6 is 0 Å². The lowest BCUT2D eigenvalue weighted by Crippen LogP contribution is -2.22. The van der Waals surface area contributed by atoms with E-state index in [1.807, 2.05) is 24.3 Å². The summed E-state index contributed by atoms with van der Waals surface area (Å²) >= 11 is 0. The largest absolute Gasteiger partial charge is 0.444 e. The second-order valence-electron chi connectivity index (χ2n) is 5.57. The number of imidazole rings is 1. The molecule has 0 unspecified atom stereocenters. The van der Waals surface area contributed by atoms with Crippen LogP contribution in [-0.4, -0.2) is 14.1 Å². The van der Waals surface area contributed by atoms with Gasteiger partial charge in [-0.3, -0.25) is 9.13 Å². The fraction of sp³-hybridized carbons (Fsp3) is 0.111. The topological polar surface area (TPSA) is 53.0 Å². The molecule has 0 aliphatic rings. The molecule has 0 aliphatic carbocycles. The van der Waals surface area contributed by atoms with Crippen LogP contribution in [0.4, 0.5) is 4.39 Å². The fourth-order valence-corrected chi connectivity index (χ4v) is 2.81.